The van der Waals surface area contributed by atoms with Crippen molar-refractivity contribution < 1.29 is 13.2 Å². The smallest absolute Gasteiger partial charge is 0.267 e. The molecule has 1 aromatic heterocycles. The Balaban J connectivity index is 3.25. The fraction of sp³-hybridized carbons (Fsp3) is 0.286. The Hall–Kier alpha value is -1.01. The zero-order chi connectivity index (χ0) is 10.9. The third kappa shape index (κ3) is 2.08. The molecule has 1 rings (SSSR count). The van der Waals surface area contributed by atoms with Crippen molar-refractivity contribution in [3.63, 3.8) is 0 Å². The predicted molar refractivity (Wildman–Crippen MR) is 51.8 cm³/mol. The van der Waals surface area contributed by atoms with Crippen LogP contribution in [0.15, 0.2) is 17.2 Å². The van der Waals surface area contributed by atoms with E-state index in [1.807, 2.05) is 0 Å². The summed E-state index contributed by atoms with van der Waals surface area (Å²) < 4.78 is 23.3. The van der Waals surface area contributed by atoms with Crippen molar-refractivity contribution >= 4 is 25.6 Å². The largest absolute Gasteiger partial charge is 0.354 e. The first-order valence-corrected chi connectivity index (χ1v) is 6.00. The highest BCUT2D eigenvalue weighted by Crippen LogP contribution is 2.17. The van der Waals surface area contributed by atoms with Crippen LogP contribution in [0.1, 0.15) is 10.5 Å². The van der Waals surface area contributed by atoms with Gasteiger partial charge in [-0.2, -0.15) is 0 Å². The van der Waals surface area contributed by atoms with Crippen LogP contribution in [0.5, 0.6) is 0 Å². The highest BCUT2D eigenvalue weighted by atomic mass is 35.7. The van der Waals surface area contributed by atoms with Crippen molar-refractivity contribution in [3.8, 4) is 0 Å². The highest BCUT2D eigenvalue weighted by molar-refractivity contribution is 8.13. The van der Waals surface area contributed by atoms with Crippen LogP contribution in [0.2, 0.25) is 0 Å². The molecule has 0 spiro atoms. The van der Waals surface area contributed by atoms with E-state index < -0.39 is 9.05 Å². The van der Waals surface area contributed by atoms with Crippen LogP contribution in [0.3, 0.4) is 0 Å². The van der Waals surface area contributed by atoms with Crippen molar-refractivity contribution in [3.05, 3.63) is 18.0 Å². The lowest BCUT2D eigenvalue weighted by Crippen LogP contribution is -2.20. The van der Waals surface area contributed by atoms with Gasteiger partial charge in [-0.05, 0) is 6.07 Å². The van der Waals surface area contributed by atoms with Crippen LogP contribution < -0.4 is 5.32 Å². The van der Waals surface area contributed by atoms with Gasteiger partial charge in [-0.15, -0.1) is 0 Å². The van der Waals surface area contributed by atoms with Crippen LogP contribution in [0, 0.1) is 0 Å². The molecule has 78 valence electrons. The van der Waals surface area contributed by atoms with Crippen LogP contribution in [-0.4, -0.2) is 25.9 Å². The third-order valence-corrected chi connectivity index (χ3v) is 3.04. The molecule has 1 aromatic rings. The minimum absolute atomic E-state index is 0.0831. The lowest BCUT2D eigenvalue weighted by molar-refractivity contribution is 0.0955. The van der Waals surface area contributed by atoms with E-state index in [9.17, 15) is 13.2 Å². The maximum absolute atomic E-state index is 11.2. The van der Waals surface area contributed by atoms with Crippen molar-refractivity contribution in [1.82, 2.24) is 9.88 Å². The summed E-state index contributed by atoms with van der Waals surface area (Å²) in [5, 5.41) is 2.39. The molecule has 0 saturated heterocycles. The molecule has 1 heterocycles. The van der Waals surface area contributed by atoms with Gasteiger partial charge in [-0.25, -0.2) is 8.42 Å². The van der Waals surface area contributed by atoms with Gasteiger partial charge >= 0.3 is 0 Å². The van der Waals surface area contributed by atoms with Crippen LogP contribution in [-0.2, 0) is 16.1 Å². The second-order valence-electron chi connectivity index (χ2n) is 2.69. The van der Waals surface area contributed by atoms with Crippen molar-refractivity contribution in [2.24, 2.45) is 7.05 Å². The van der Waals surface area contributed by atoms with E-state index in [1.54, 1.807) is 7.05 Å². The van der Waals surface area contributed by atoms with Crippen molar-refractivity contribution in [2.45, 2.75) is 4.90 Å². The van der Waals surface area contributed by atoms with Crippen LogP contribution in [0.25, 0.3) is 0 Å². The summed E-state index contributed by atoms with van der Waals surface area (Å²) in [5.74, 6) is -0.362. The first-order chi connectivity index (χ1) is 6.36. The zero-order valence-electron chi connectivity index (χ0n) is 7.61. The molecule has 5 nitrogen and oxygen atoms in total. The van der Waals surface area contributed by atoms with E-state index in [1.165, 1.54) is 23.9 Å². The molecular formula is C7H9ClN2O3S. The van der Waals surface area contributed by atoms with Crippen molar-refractivity contribution in [1.29, 1.82) is 0 Å². The molecule has 1 N–H and O–H groups in total. The molecule has 0 aliphatic carbocycles. The summed E-state index contributed by atoms with van der Waals surface area (Å²) >= 11 is 0. The molecule has 7 heteroatoms. The topological polar surface area (TPSA) is 68.2 Å². The Bertz CT molecular complexity index is 463. The fourth-order valence-corrected chi connectivity index (χ4v) is 1.81. The number of halogens is 1. The molecular weight excluding hydrogens is 228 g/mol. The van der Waals surface area contributed by atoms with Gasteiger partial charge in [-0.1, -0.05) is 0 Å². The number of aryl methyl sites for hydroxylation is 1. The number of hydrogen-bond donors (Lipinski definition) is 1. The Morgan fingerprint density at radius 3 is 2.50 bits per heavy atom. The van der Waals surface area contributed by atoms with E-state index in [0.717, 1.165) is 0 Å². The van der Waals surface area contributed by atoms with E-state index in [4.69, 9.17) is 10.7 Å². The quantitative estimate of drug-likeness (QED) is 0.752. The molecule has 0 radical (unpaired) electrons. The molecule has 0 unspecified atom stereocenters. The molecule has 0 aliphatic heterocycles. The first kappa shape index (κ1) is 11.1. The van der Waals surface area contributed by atoms with Crippen LogP contribution in [0.4, 0.5) is 0 Å². The van der Waals surface area contributed by atoms with E-state index >= 15 is 0 Å². The molecule has 0 aliphatic rings. The van der Waals surface area contributed by atoms with E-state index in [0.29, 0.717) is 0 Å². The van der Waals surface area contributed by atoms with Gasteiger partial charge in [0.25, 0.3) is 15.0 Å². The molecule has 0 fully saturated rings. The molecule has 0 saturated carbocycles. The van der Waals surface area contributed by atoms with Crippen molar-refractivity contribution in [2.75, 3.05) is 7.05 Å². The van der Waals surface area contributed by atoms with Gasteiger partial charge in [0.05, 0.1) is 0 Å². The minimum atomic E-state index is -3.77. The van der Waals surface area contributed by atoms with Crippen LogP contribution >= 0.6 is 10.7 Å². The number of carbonyl (C=O) groups excluding carboxylic acids is 1. The molecule has 0 aromatic carbocycles. The molecule has 14 heavy (non-hydrogen) atoms. The summed E-state index contributed by atoms with van der Waals surface area (Å²) in [5.41, 5.74) is 0.242. The SMILES string of the molecule is CNC(=O)c1cc(S(=O)(=O)Cl)cn1C. The average molecular weight is 237 g/mol. The molecule has 1 amide bonds. The number of amides is 1. The number of nitrogens with one attached hydrogen (secondary N) is 1. The summed E-state index contributed by atoms with van der Waals surface area (Å²) in [6.45, 7) is 0. The second-order valence-corrected chi connectivity index (χ2v) is 5.25. The monoisotopic (exact) mass is 236 g/mol. The van der Waals surface area contributed by atoms with Gasteiger partial charge in [-0.3, -0.25) is 4.79 Å². The number of nitrogens with zero attached hydrogens (tertiary/aromatic N) is 1. The number of carbonyl (C=O) groups is 1. The zero-order valence-corrected chi connectivity index (χ0v) is 9.19. The van der Waals surface area contributed by atoms with Gasteiger partial charge in [0.1, 0.15) is 10.6 Å². The average Bonchev–Trinajstić information content (AvgIpc) is 2.45. The van der Waals surface area contributed by atoms with E-state index in [-0.39, 0.29) is 16.5 Å². The van der Waals surface area contributed by atoms with Gasteiger partial charge in [0.15, 0.2) is 0 Å². The summed E-state index contributed by atoms with van der Waals surface area (Å²) in [6.07, 6.45) is 1.28. The molecule has 0 atom stereocenters. The number of aromatic nitrogens is 1. The second kappa shape index (κ2) is 3.62. The summed E-state index contributed by atoms with van der Waals surface area (Å²) in [7, 11) is 4.37. The molecule has 0 bridgehead atoms. The first-order valence-electron chi connectivity index (χ1n) is 3.69. The maximum Gasteiger partial charge on any atom is 0.267 e. The number of hydrogen-bond acceptors (Lipinski definition) is 3. The Labute approximate surface area is 86.1 Å². The Morgan fingerprint density at radius 1 is 1.57 bits per heavy atom. The summed E-state index contributed by atoms with van der Waals surface area (Å²) in [4.78, 5) is 11.1. The Morgan fingerprint density at radius 2 is 2.14 bits per heavy atom. The highest BCUT2D eigenvalue weighted by Gasteiger charge is 2.17. The lowest BCUT2D eigenvalue weighted by Gasteiger charge is -1.98. The normalized spacial score (nSPS) is 11.4. The van der Waals surface area contributed by atoms with Gasteiger partial charge < -0.3 is 9.88 Å². The predicted octanol–water partition coefficient (Wildman–Crippen LogP) is 0.312. The minimum Gasteiger partial charge on any atom is -0.354 e. The maximum atomic E-state index is 11.2. The Kier molecular flexibility index (Phi) is 2.86. The standard InChI is InChI=1S/C7H9ClN2O3S/c1-9-7(11)6-3-5(4-10(6)2)14(8,12)13/h3-4H,1-2H3,(H,9,11). The number of rotatable bonds is 2. The third-order valence-electron chi connectivity index (χ3n) is 1.72. The van der Waals surface area contributed by atoms with Gasteiger partial charge in [0, 0.05) is 31.0 Å². The summed E-state index contributed by atoms with van der Waals surface area (Å²) in [6, 6.07) is 1.22. The lowest BCUT2D eigenvalue weighted by atomic mass is 10.4. The van der Waals surface area contributed by atoms with Gasteiger partial charge in [0.2, 0.25) is 0 Å². The van der Waals surface area contributed by atoms with E-state index in [2.05, 4.69) is 5.32 Å². The fourth-order valence-electron chi connectivity index (χ4n) is 1.02.